The molecule has 3 aromatic rings. The molecule has 19 heavy (non-hydrogen) atoms. The van der Waals surface area contributed by atoms with Crippen LogP contribution in [0.1, 0.15) is 0 Å². The van der Waals surface area contributed by atoms with Gasteiger partial charge in [0.25, 0.3) is 0 Å². The molecule has 0 aliphatic rings. The zero-order valence-corrected chi connectivity index (χ0v) is 10.5. The van der Waals surface area contributed by atoms with Crippen LogP contribution in [0.25, 0.3) is 17.0 Å². The Morgan fingerprint density at radius 2 is 1.74 bits per heavy atom. The zero-order valence-electron chi connectivity index (χ0n) is 9.73. The van der Waals surface area contributed by atoms with Gasteiger partial charge in [-0.05, 0) is 5.46 Å². The molecule has 5 nitrogen and oxygen atoms in total. The largest absolute Gasteiger partial charge is 0.488 e. The first-order chi connectivity index (χ1) is 9.15. The summed E-state index contributed by atoms with van der Waals surface area (Å²) < 4.78 is 1.78. The molecule has 0 unspecified atom stereocenters. The van der Waals surface area contributed by atoms with Crippen LogP contribution >= 0.6 is 11.6 Å². The molecule has 2 N–H and O–H groups in total. The molecule has 94 valence electrons. The first kappa shape index (κ1) is 12.2. The monoisotopic (exact) mass is 273 g/mol. The van der Waals surface area contributed by atoms with Crippen LogP contribution in [0.4, 0.5) is 0 Å². The van der Waals surface area contributed by atoms with Crippen LogP contribution in [0.15, 0.2) is 42.9 Å². The second kappa shape index (κ2) is 4.66. The van der Waals surface area contributed by atoms with Crippen molar-refractivity contribution in [1.82, 2.24) is 14.4 Å². The third-order valence-corrected chi connectivity index (χ3v) is 3.03. The number of halogens is 1. The van der Waals surface area contributed by atoms with E-state index in [1.165, 1.54) is 0 Å². The van der Waals surface area contributed by atoms with E-state index in [-0.39, 0.29) is 0 Å². The van der Waals surface area contributed by atoms with E-state index in [1.54, 1.807) is 47.3 Å². The third kappa shape index (κ3) is 2.21. The number of hydrogen-bond donors (Lipinski definition) is 2. The van der Waals surface area contributed by atoms with Gasteiger partial charge >= 0.3 is 7.12 Å². The summed E-state index contributed by atoms with van der Waals surface area (Å²) >= 11 is 5.92. The second-order valence-corrected chi connectivity index (χ2v) is 4.52. The number of rotatable bonds is 2. The fourth-order valence-corrected chi connectivity index (χ4v) is 2.04. The maximum atomic E-state index is 9.06. The van der Waals surface area contributed by atoms with Crippen molar-refractivity contribution in [2.45, 2.75) is 0 Å². The number of benzene rings is 1. The highest BCUT2D eigenvalue weighted by Gasteiger charge is 2.12. The average molecular weight is 273 g/mol. The van der Waals surface area contributed by atoms with E-state index < -0.39 is 7.12 Å². The predicted molar refractivity (Wildman–Crippen MR) is 73.3 cm³/mol. The van der Waals surface area contributed by atoms with Gasteiger partial charge in [-0.15, -0.1) is 0 Å². The van der Waals surface area contributed by atoms with Crippen molar-refractivity contribution in [2.24, 2.45) is 0 Å². The topological polar surface area (TPSA) is 70.7 Å². The summed E-state index contributed by atoms with van der Waals surface area (Å²) in [6.45, 7) is 0. The Morgan fingerprint density at radius 1 is 1.05 bits per heavy atom. The molecule has 0 aliphatic carbocycles. The summed E-state index contributed by atoms with van der Waals surface area (Å²) in [7, 11) is -1.47. The number of hydrogen-bond acceptors (Lipinski definition) is 4. The van der Waals surface area contributed by atoms with E-state index in [0.717, 1.165) is 11.3 Å². The normalized spacial score (nSPS) is 10.9. The van der Waals surface area contributed by atoms with Gasteiger partial charge in [-0.3, -0.25) is 4.40 Å². The van der Waals surface area contributed by atoms with Gasteiger partial charge in [0.1, 0.15) is 0 Å². The Bertz CT molecular complexity index is 727. The quantitative estimate of drug-likeness (QED) is 0.675. The Balaban J connectivity index is 2.11. The lowest BCUT2D eigenvalue weighted by Gasteiger charge is -2.04. The highest BCUT2D eigenvalue weighted by atomic mass is 35.5. The maximum absolute atomic E-state index is 9.06. The SMILES string of the molecule is OB(O)c1ccc(-c2cnc3ncc(Cl)cn23)cc1. The molecule has 0 amide bonds. The van der Waals surface area contributed by atoms with Gasteiger partial charge < -0.3 is 10.0 Å². The Kier molecular flexibility index (Phi) is 2.98. The summed E-state index contributed by atoms with van der Waals surface area (Å²) in [6, 6.07) is 6.88. The number of fused-ring (bicyclic) bond motifs is 1. The molecule has 0 atom stereocenters. The zero-order chi connectivity index (χ0) is 13.4. The van der Waals surface area contributed by atoms with Gasteiger partial charge in [-0.25, -0.2) is 9.97 Å². The fourth-order valence-electron chi connectivity index (χ4n) is 1.89. The smallest absolute Gasteiger partial charge is 0.423 e. The van der Waals surface area contributed by atoms with Crippen molar-refractivity contribution in [3.63, 3.8) is 0 Å². The van der Waals surface area contributed by atoms with Gasteiger partial charge in [0.05, 0.1) is 23.1 Å². The molecule has 1 aromatic carbocycles. The van der Waals surface area contributed by atoms with Gasteiger partial charge in [-0.2, -0.15) is 0 Å². The van der Waals surface area contributed by atoms with Crippen LogP contribution in [0.5, 0.6) is 0 Å². The van der Waals surface area contributed by atoms with Crippen LogP contribution in [0, 0.1) is 0 Å². The van der Waals surface area contributed by atoms with Crippen molar-refractivity contribution >= 4 is 30.0 Å². The van der Waals surface area contributed by atoms with Crippen LogP contribution in [0.2, 0.25) is 5.02 Å². The molecule has 0 saturated heterocycles. The molecule has 0 spiro atoms. The van der Waals surface area contributed by atoms with Crippen LogP contribution < -0.4 is 5.46 Å². The number of imidazole rings is 1. The number of aromatic nitrogens is 3. The fraction of sp³-hybridized carbons (Fsp3) is 0. The van der Waals surface area contributed by atoms with Crippen molar-refractivity contribution in [1.29, 1.82) is 0 Å². The molecule has 0 aliphatic heterocycles. The average Bonchev–Trinajstić information content (AvgIpc) is 2.81. The molecule has 0 bridgehead atoms. The minimum atomic E-state index is -1.47. The van der Waals surface area contributed by atoms with E-state index in [1.807, 2.05) is 0 Å². The van der Waals surface area contributed by atoms with Gasteiger partial charge in [0.15, 0.2) is 0 Å². The first-order valence-corrected chi connectivity index (χ1v) is 5.98. The lowest BCUT2D eigenvalue weighted by atomic mass is 9.80. The molecule has 0 radical (unpaired) electrons. The van der Waals surface area contributed by atoms with Gasteiger partial charge in [-0.1, -0.05) is 35.9 Å². The lowest BCUT2D eigenvalue weighted by molar-refractivity contribution is 0.426. The Hall–Kier alpha value is -1.89. The van der Waals surface area contributed by atoms with Crippen molar-refractivity contribution in [2.75, 3.05) is 0 Å². The van der Waals surface area contributed by atoms with E-state index in [4.69, 9.17) is 21.6 Å². The summed E-state index contributed by atoms with van der Waals surface area (Å²) in [4.78, 5) is 8.30. The van der Waals surface area contributed by atoms with E-state index >= 15 is 0 Å². The molecule has 3 rings (SSSR count). The standard InChI is InChI=1S/C12H9BClN3O2/c14-10-5-15-12-16-6-11(17(12)7-10)8-1-3-9(4-2-8)13(18)19/h1-7,18-19H. The number of nitrogens with zero attached hydrogens (tertiary/aromatic N) is 3. The molecular formula is C12H9BClN3O2. The van der Waals surface area contributed by atoms with Crippen LogP contribution in [-0.4, -0.2) is 31.5 Å². The molecule has 0 saturated carbocycles. The van der Waals surface area contributed by atoms with Crippen LogP contribution in [-0.2, 0) is 0 Å². The molecule has 2 aromatic heterocycles. The third-order valence-electron chi connectivity index (χ3n) is 2.84. The highest BCUT2D eigenvalue weighted by molar-refractivity contribution is 6.58. The van der Waals surface area contributed by atoms with E-state index in [9.17, 15) is 0 Å². The molecule has 0 fully saturated rings. The lowest BCUT2D eigenvalue weighted by Crippen LogP contribution is -2.29. The minimum absolute atomic E-state index is 0.439. The summed E-state index contributed by atoms with van der Waals surface area (Å²) in [5.74, 6) is 0.561. The minimum Gasteiger partial charge on any atom is -0.423 e. The predicted octanol–water partition coefficient (Wildman–Crippen LogP) is 0.729. The highest BCUT2D eigenvalue weighted by Crippen LogP contribution is 2.20. The van der Waals surface area contributed by atoms with E-state index in [2.05, 4.69) is 9.97 Å². The van der Waals surface area contributed by atoms with Crippen LogP contribution in [0.3, 0.4) is 0 Å². The summed E-state index contributed by atoms with van der Waals surface area (Å²) in [6.07, 6.45) is 4.98. The van der Waals surface area contributed by atoms with Gasteiger partial charge in [0, 0.05) is 11.8 Å². The van der Waals surface area contributed by atoms with Crippen molar-refractivity contribution in [3.05, 3.63) is 47.9 Å². The van der Waals surface area contributed by atoms with Gasteiger partial charge in [0.2, 0.25) is 5.78 Å². The Morgan fingerprint density at radius 3 is 2.42 bits per heavy atom. The van der Waals surface area contributed by atoms with Crippen molar-refractivity contribution < 1.29 is 10.0 Å². The maximum Gasteiger partial charge on any atom is 0.488 e. The summed E-state index contributed by atoms with van der Waals surface area (Å²) in [5.41, 5.74) is 2.17. The first-order valence-electron chi connectivity index (χ1n) is 5.60. The molecule has 2 heterocycles. The van der Waals surface area contributed by atoms with E-state index in [0.29, 0.717) is 16.3 Å². The second-order valence-electron chi connectivity index (χ2n) is 4.08. The summed E-state index contributed by atoms with van der Waals surface area (Å²) in [5, 5.41) is 18.7. The Labute approximate surface area is 114 Å². The molecule has 7 heteroatoms. The molecular weight excluding hydrogens is 264 g/mol. The van der Waals surface area contributed by atoms with Crippen molar-refractivity contribution in [3.8, 4) is 11.3 Å².